The van der Waals surface area contributed by atoms with Crippen LogP contribution in [-0.2, 0) is 4.79 Å². The number of benzene rings is 2. The van der Waals surface area contributed by atoms with E-state index in [1.165, 1.54) is 53.4 Å². The predicted molar refractivity (Wildman–Crippen MR) is 100 cm³/mol. The first-order chi connectivity index (χ1) is 11.9. The van der Waals surface area contributed by atoms with Crippen LogP contribution in [0, 0.1) is 15.9 Å². The molecule has 2 aromatic carbocycles. The number of carbonyl (C=O) groups excluding carboxylic acids is 1. The van der Waals surface area contributed by atoms with Crippen LogP contribution in [0.3, 0.4) is 0 Å². The van der Waals surface area contributed by atoms with Crippen molar-refractivity contribution in [1.29, 1.82) is 0 Å². The number of nitro benzene ring substituents is 1. The number of non-ortho nitro benzene ring substituents is 1. The molecule has 5 nitrogen and oxygen atoms in total. The van der Waals surface area contributed by atoms with Gasteiger partial charge in [-0.25, -0.2) is 4.39 Å². The number of thioether (sulfide) groups is 1. The second-order valence-corrected chi connectivity index (χ2v) is 7.01. The number of hydrogen-bond acceptors (Lipinski definition) is 5. The first-order valence-corrected chi connectivity index (χ1v) is 8.45. The highest BCUT2D eigenvalue weighted by Crippen LogP contribution is 2.38. The Morgan fingerprint density at radius 1 is 1.28 bits per heavy atom. The molecule has 0 saturated carbocycles. The Kier molecular flexibility index (Phi) is 4.85. The Morgan fingerprint density at radius 3 is 2.68 bits per heavy atom. The molecule has 1 aliphatic rings. The van der Waals surface area contributed by atoms with Crippen LogP contribution < -0.4 is 4.90 Å². The molecule has 0 aromatic heterocycles. The predicted octanol–water partition coefficient (Wildman–Crippen LogP) is 4.79. The van der Waals surface area contributed by atoms with Crippen molar-refractivity contribution in [3.8, 4) is 0 Å². The molecule has 126 valence electrons. The van der Waals surface area contributed by atoms with Gasteiger partial charge in [0, 0.05) is 17.7 Å². The van der Waals surface area contributed by atoms with Gasteiger partial charge in [0.25, 0.3) is 11.6 Å². The van der Waals surface area contributed by atoms with Gasteiger partial charge in [0.15, 0.2) is 4.32 Å². The number of hydrogen-bond donors (Lipinski definition) is 0. The number of nitro groups is 1. The Labute approximate surface area is 156 Å². The third-order valence-corrected chi connectivity index (χ3v) is 5.00. The number of carbonyl (C=O) groups is 1. The molecular weight excluding hydrogens is 387 g/mol. The standard InChI is InChI=1S/C16H8ClFN2O3S2/c17-12-5-2-6-13(18)11(12)8-14-15(21)19(16(24)25-14)9-3-1-4-10(7-9)20(22)23/h1-8H/b14-8-. The third kappa shape index (κ3) is 3.41. The van der Waals surface area contributed by atoms with Crippen molar-refractivity contribution in [3.63, 3.8) is 0 Å². The van der Waals surface area contributed by atoms with E-state index in [0.29, 0.717) is 0 Å². The van der Waals surface area contributed by atoms with Crippen LogP contribution in [0.4, 0.5) is 15.8 Å². The zero-order valence-electron chi connectivity index (χ0n) is 12.3. The fourth-order valence-corrected chi connectivity index (χ4v) is 3.71. The zero-order chi connectivity index (χ0) is 18.1. The van der Waals surface area contributed by atoms with Crippen LogP contribution in [0.1, 0.15) is 5.56 Å². The van der Waals surface area contributed by atoms with Gasteiger partial charge in [0.1, 0.15) is 5.82 Å². The zero-order valence-corrected chi connectivity index (χ0v) is 14.7. The molecule has 1 saturated heterocycles. The average Bonchev–Trinajstić information content (AvgIpc) is 2.85. The molecule has 25 heavy (non-hydrogen) atoms. The van der Waals surface area contributed by atoms with E-state index < -0.39 is 16.6 Å². The topological polar surface area (TPSA) is 63.5 Å². The minimum absolute atomic E-state index is 0.0868. The van der Waals surface area contributed by atoms with Gasteiger partial charge >= 0.3 is 0 Å². The molecule has 0 unspecified atom stereocenters. The lowest BCUT2D eigenvalue weighted by molar-refractivity contribution is -0.384. The molecule has 0 atom stereocenters. The lowest BCUT2D eigenvalue weighted by Gasteiger charge is -2.14. The third-order valence-electron chi connectivity index (χ3n) is 3.37. The number of thiocarbonyl (C=S) groups is 1. The second-order valence-electron chi connectivity index (χ2n) is 4.93. The minimum atomic E-state index is -0.562. The van der Waals surface area contributed by atoms with E-state index in [-0.39, 0.29) is 31.2 Å². The monoisotopic (exact) mass is 394 g/mol. The van der Waals surface area contributed by atoms with Crippen LogP contribution in [0.15, 0.2) is 47.4 Å². The molecule has 2 aromatic rings. The number of halogens is 2. The van der Waals surface area contributed by atoms with Crippen LogP contribution in [0.25, 0.3) is 6.08 Å². The van der Waals surface area contributed by atoms with Gasteiger partial charge in [-0.1, -0.05) is 47.7 Å². The summed E-state index contributed by atoms with van der Waals surface area (Å²) >= 11 is 12.1. The fraction of sp³-hybridized carbons (Fsp3) is 0. The summed E-state index contributed by atoms with van der Waals surface area (Å²) in [6.45, 7) is 0. The molecule has 0 bridgehead atoms. The van der Waals surface area contributed by atoms with E-state index in [1.807, 2.05) is 0 Å². The van der Waals surface area contributed by atoms with Crippen molar-refractivity contribution in [3.05, 3.63) is 73.9 Å². The molecule has 1 fully saturated rings. The maximum atomic E-state index is 13.9. The molecule has 0 radical (unpaired) electrons. The normalized spacial score (nSPS) is 15.9. The van der Waals surface area contributed by atoms with Gasteiger partial charge in [-0.3, -0.25) is 19.8 Å². The molecular formula is C16H8ClFN2O3S2. The Morgan fingerprint density at radius 2 is 2.00 bits per heavy atom. The quantitative estimate of drug-likeness (QED) is 0.324. The van der Waals surface area contributed by atoms with Crippen LogP contribution in [0.2, 0.25) is 5.02 Å². The van der Waals surface area contributed by atoms with Gasteiger partial charge in [0.05, 0.1) is 20.5 Å². The Balaban J connectivity index is 2.00. The summed E-state index contributed by atoms with van der Waals surface area (Å²) in [6, 6.07) is 9.78. The van der Waals surface area contributed by atoms with E-state index in [9.17, 15) is 19.3 Å². The van der Waals surface area contributed by atoms with Gasteiger partial charge in [0.2, 0.25) is 0 Å². The molecule has 0 aliphatic carbocycles. The van der Waals surface area contributed by atoms with Crippen LogP contribution >= 0.6 is 35.6 Å². The van der Waals surface area contributed by atoms with Crippen molar-refractivity contribution in [2.24, 2.45) is 0 Å². The Hall–Kier alpha value is -2.29. The van der Waals surface area contributed by atoms with E-state index in [1.54, 1.807) is 0 Å². The summed E-state index contributed by atoms with van der Waals surface area (Å²) in [5.74, 6) is -1.05. The molecule has 0 N–H and O–H groups in total. The van der Waals surface area contributed by atoms with Gasteiger partial charge in [-0.15, -0.1) is 0 Å². The van der Waals surface area contributed by atoms with Crippen molar-refractivity contribution in [2.75, 3.05) is 4.90 Å². The molecule has 0 spiro atoms. The van der Waals surface area contributed by atoms with Crippen LogP contribution in [0.5, 0.6) is 0 Å². The highest BCUT2D eigenvalue weighted by atomic mass is 35.5. The first-order valence-electron chi connectivity index (χ1n) is 6.85. The smallest absolute Gasteiger partial charge is 0.268 e. The summed E-state index contributed by atoms with van der Waals surface area (Å²) in [7, 11) is 0. The lowest BCUT2D eigenvalue weighted by atomic mass is 10.2. The van der Waals surface area contributed by atoms with Gasteiger partial charge < -0.3 is 0 Å². The summed E-state index contributed by atoms with van der Waals surface area (Å²) in [4.78, 5) is 24.3. The second kappa shape index (κ2) is 6.91. The SMILES string of the molecule is O=C1/C(=C/c2c(F)cccc2Cl)SC(=S)N1c1cccc([N+](=O)[O-])c1. The lowest BCUT2D eigenvalue weighted by Crippen LogP contribution is -2.27. The molecule has 1 heterocycles. The molecule has 3 rings (SSSR count). The van der Waals surface area contributed by atoms with Crippen molar-refractivity contribution < 1.29 is 14.1 Å². The number of amides is 1. The van der Waals surface area contributed by atoms with E-state index in [4.69, 9.17) is 23.8 Å². The maximum absolute atomic E-state index is 13.9. The number of rotatable bonds is 3. The Bertz CT molecular complexity index is 928. The highest BCUT2D eigenvalue weighted by Gasteiger charge is 2.34. The fourth-order valence-electron chi connectivity index (χ4n) is 2.22. The summed E-state index contributed by atoms with van der Waals surface area (Å²) in [6.07, 6.45) is 1.33. The average molecular weight is 395 g/mol. The first kappa shape index (κ1) is 17.5. The minimum Gasteiger partial charge on any atom is -0.268 e. The van der Waals surface area contributed by atoms with E-state index in [0.717, 1.165) is 11.8 Å². The van der Waals surface area contributed by atoms with Gasteiger partial charge in [-0.2, -0.15) is 0 Å². The van der Waals surface area contributed by atoms with Crippen molar-refractivity contribution in [1.82, 2.24) is 0 Å². The largest absolute Gasteiger partial charge is 0.271 e. The summed E-state index contributed by atoms with van der Waals surface area (Å²) in [5.41, 5.74) is 0.205. The van der Waals surface area contributed by atoms with Crippen molar-refractivity contribution in [2.45, 2.75) is 0 Å². The van der Waals surface area contributed by atoms with Gasteiger partial charge in [-0.05, 0) is 24.3 Å². The molecule has 1 amide bonds. The summed E-state index contributed by atoms with van der Waals surface area (Å²) < 4.78 is 14.1. The van der Waals surface area contributed by atoms with E-state index in [2.05, 4.69) is 0 Å². The van der Waals surface area contributed by atoms with E-state index >= 15 is 0 Å². The number of nitrogens with zero attached hydrogens (tertiary/aromatic N) is 2. The molecule has 1 aliphatic heterocycles. The summed E-state index contributed by atoms with van der Waals surface area (Å²) in [5, 5.41) is 11.1. The highest BCUT2D eigenvalue weighted by molar-refractivity contribution is 8.27. The van der Waals surface area contributed by atoms with Crippen LogP contribution in [-0.4, -0.2) is 15.2 Å². The maximum Gasteiger partial charge on any atom is 0.271 e. The number of anilines is 1. The van der Waals surface area contributed by atoms with Crippen molar-refractivity contribution >= 4 is 63.3 Å². The molecule has 9 heteroatoms.